The number of amides is 1. The fourth-order valence-corrected chi connectivity index (χ4v) is 2.93. The lowest BCUT2D eigenvalue weighted by Crippen LogP contribution is -2.25. The van der Waals surface area contributed by atoms with E-state index in [2.05, 4.69) is 24.7 Å². The van der Waals surface area contributed by atoms with Crippen LogP contribution in [-0.2, 0) is 22.6 Å². The van der Waals surface area contributed by atoms with Gasteiger partial charge in [0.1, 0.15) is 11.4 Å². The quantitative estimate of drug-likeness (QED) is 0.842. The van der Waals surface area contributed by atoms with E-state index in [1.165, 1.54) is 0 Å². The summed E-state index contributed by atoms with van der Waals surface area (Å²) in [7, 11) is 0. The molecule has 0 aromatic heterocycles. The van der Waals surface area contributed by atoms with E-state index in [1.807, 2.05) is 0 Å². The van der Waals surface area contributed by atoms with Crippen molar-refractivity contribution in [3.8, 4) is 0 Å². The van der Waals surface area contributed by atoms with Crippen LogP contribution in [0.3, 0.4) is 0 Å². The molecular weight excluding hydrogens is 349 g/mol. The molecule has 4 nitrogen and oxygen atoms in total. The number of benzene rings is 1. The second-order valence-electron chi connectivity index (χ2n) is 3.35. The maximum absolute atomic E-state index is 11.0. The molecule has 1 aliphatic rings. The zero-order chi connectivity index (χ0) is 12.6. The summed E-state index contributed by atoms with van der Waals surface area (Å²) in [5.41, 5.74) is 7.14. The van der Waals surface area contributed by atoms with Gasteiger partial charge >= 0.3 is 0 Å². The molecule has 0 spiro atoms. The SMILES string of the molecule is NC(=O)C(Br)Cc1c(Cl)cc(Cl)c2c1N=S=N2. The number of nitrogens with zero attached hydrogens (tertiary/aromatic N) is 2. The van der Waals surface area contributed by atoms with Crippen molar-refractivity contribution in [1.82, 2.24) is 0 Å². The number of primary amides is 1. The molecular formula is C9H6BrCl2N3OS. The first-order valence-electron chi connectivity index (χ1n) is 4.53. The molecule has 2 N–H and O–H groups in total. The normalized spacial score (nSPS) is 14.3. The number of halogens is 3. The van der Waals surface area contributed by atoms with Crippen LogP contribution in [0.2, 0.25) is 10.0 Å². The van der Waals surface area contributed by atoms with E-state index in [9.17, 15) is 4.79 Å². The zero-order valence-corrected chi connectivity index (χ0v) is 12.2. The second-order valence-corrected chi connectivity index (χ2v) is 5.80. The van der Waals surface area contributed by atoms with Crippen molar-refractivity contribution in [2.75, 3.05) is 0 Å². The van der Waals surface area contributed by atoms with Crippen LogP contribution in [-0.4, -0.2) is 10.7 Å². The Morgan fingerprint density at radius 3 is 2.71 bits per heavy atom. The van der Waals surface area contributed by atoms with Gasteiger partial charge in [-0.15, -0.1) is 0 Å². The summed E-state index contributed by atoms with van der Waals surface area (Å²) < 4.78 is 8.22. The van der Waals surface area contributed by atoms with Gasteiger partial charge < -0.3 is 5.73 Å². The van der Waals surface area contributed by atoms with Gasteiger partial charge in [-0.05, 0) is 12.5 Å². The molecule has 0 aliphatic carbocycles. The number of rotatable bonds is 3. The van der Waals surface area contributed by atoms with Gasteiger partial charge in [0.25, 0.3) is 0 Å². The summed E-state index contributed by atoms with van der Waals surface area (Å²) in [6, 6.07) is 1.60. The van der Waals surface area contributed by atoms with Crippen molar-refractivity contribution < 1.29 is 4.79 Å². The predicted octanol–water partition coefficient (Wildman–Crippen LogP) is 3.51. The Morgan fingerprint density at radius 1 is 1.41 bits per heavy atom. The average Bonchev–Trinajstić information content (AvgIpc) is 2.72. The van der Waals surface area contributed by atoms with Gasteiger partial charge in [0, 0.05) is 10.6 Å². The van der Waals surface area contributed by atoms with E-state index >= 15 is 0 Å². The maximum Gasteiger partial charge on any atom is 0.231 e. The van der Waals surface area contributed by atoms with E-state index < -0.39 is 10.7 Å². The first kappa shape index (κ1) is 13.0. The molecule has 2 rings (SSSR count). The molecule has 0 bridgehead atoms. The Hall–Kier alpha value is -0.430. The standard InChI is InChI=1S/C9H6BrCl2N3OS/c10-4(9(13)16)1-3-5(11)2-6(12)8-7(3)14-17-15-8/h2,4H,1H2,(H2,13,16). The largest absolute Gasteiger partial charge is 0.369 e. The highest BCUT2D eigenvalue weighted by atomic mass is 79.9. The van der Waals surface area contributed by atoms with Crippen LogP contribution in [0, 0.1) is 0 Å². The summed E-state index contributed by atoms with van der Waals surface area (Å²) in [4.78, 5) is 10.5. The number of alkyl halides is 1. The number of fused-ring (bicyclic) bond motifs is 1. The van der Waals surface area contributed by atoms with Crippen LogP contribution in [0.1, 0.15) is 5.56 Å². The molecule has 17 heavy (non-hydrogen) atoms. The molecule has 1 aromatic carbocycles. The lowest BCUT2D eigenvalue weighted by Gasteiger charge is -2.11. The first-order chi connectivity index (χ1) is 8.00. The fraction of sp³-hybridized carbons (Fsp3) is 0.222. The Morgan fingerprint density at radius 2 is 2.06 bits per heavy atom. The third kappa shape index (κ3) is 2.54. The van der Waals surface area contributed by atoms with Gasteiger partial charge in [0.15, 0.2) is 0 Å². The Kier molecular flexibility index (Phi) is 3.87. The highest BCUT2D eigenvalue weighted by molar-refractivity contribution is 9.10. The molecule has 0 saturated heterocycles. The number of nitrogens with two attached hydrogens (primary N) is 1. The van der Waals surface area contributed by atoms with Crippen molar-refractivity contribution >= 4 is 67.8 Å². The minimum Gasteiger partial charge on any atom is -0.369 e. The molecule has 1 amide bonds. The minimum absolute atomic E-state index is 0.354. The molecule has 1 aliphatic heterocycles. The molecule has 0 saturated carbocycles. The molecule has 1 unspecified atom stereocenters. The second kappa shape index (κ2) is 5.06. The number of carbonyl (C=O) groups excluding carboxylic acids is 1. The molecule has 8 heteroatoms. The highest BCUT2D eigenvalue weighted by Gasteiger charge is 2.22. The van der Waals surface area contributed by atoms with E-state index in [0.717, 1.165) is 16.9 Å². The lowest BCUT2D eigenvalue weighted by atomic mass is 10.1. The summed E-state index contributed by atoms with van der Waals surface area (Å²) in [5, 5.41) is 0.911. The molecule has 1 atom stereocenters. The Balaban J connectivity index is 2.45. The highest BCUT2D eigenvalue weighted by Crippen LogP contribution is 2.45. The Bertz CT molecular complexity index is 572. The van der Waals surface area contributed by atoms with E-state index in [0.29, 0.717) is 27.8 Å². The third-order valence-electron chi connectivity index (χ3n) is 2.23. The molecule has 90 valence electrons. The van der Waals surface area contributed by atoms with Crippen LogP contribution in [0.5, 0.6) is 0 Å². The predicted molar refractivity (Wildman–Crippen MR) is 73.6 cm³/mol. The zero-order valence-electron chi connectivity index (χ0n) is 8.28. The fourth-order valence-electron chi connectivity index (χ4n) is 1.40. The van der Waals surface area contributed by atoms with Crippen molar-refractivity contribution in [3.05, 3.63) is 21.7 Å². The molecule has 0 fully saturated rings. The average molecular weight is 355 g/mol. The van der Waals surface area contributed by atoms with Crippen molar-refractivity contribution in [2.45, 2.75) is 11.2 Å². The van der Waals surface area contributed by atoms with Crippen LogP contribution in [0.25, 0.3) is 0 Å². The lowest BCUT2D eigenvalue weighted by molar-refractivity contribution is -0.117. The van der Waals surface area contributed by atoms with Crippen LogP contribution in [0.4, 0.5) is 11.4 Å². The smallest absolute Gasteiger partial charge is 0.231 e. The van der Waals surface area contributed by atoms with Gasteiger partial charge in [-0.25, -0.2) is 0 Å². The monoisotopic (exact) mass is 353 g/mol. The number of carbonyl (C=O) groups is 1. The minimum atomic E-state index is -0.494. The third-order valence-corrected chi connectivity index (χ3v) is 4.16. The van der Waals surface area contributed by atoms with Gasteiger partial charge in [0.05, 0.1) is 21.2 Å². The van der Waals surface area contributed by atoms with Crippen LogP contribution >= 0.6 is 39.1 Å². The summed E-state index contributed by atoms with van der Waals surface area (Å²) >= 11 is 16.3. The van der Waals surface area contributed by atoms with Gasteiger partial charge in [-0.1, -0.05) is 39.1 Å². The van der Waals surface area contributed by atoms with E-state index in [4.69, 9.17) is 28.9 Å². The summed E-state index contributed by atoms with van der Waals surface area (Å²) in [6.07, 6.45) is 0.354. The van der Waals surface area contributed by atoms with Crippen molar-refractivity contribution in [2.24, 2.45) is 14.5 Å². The first-order valence-corrected chi connectivity index (χ1v) is 6.93. The molecule has 1 aromatic rings. The van der Waals surface area contributed by atoms with Gasteiger partial charge in [-0.2, -0.15) is 8.73 Å². The van der Waals surface area contributed by atoms with Crippen molar-refractivity contribution in [3.63, 3.8) is 0 Å². The van der Waals surface area contributed by atoms with Gasteiger partial charge in [0.2, 0.25) is 5.91 Å². The number of hydrogen-bond acceptors (Lipinski definition) is 3. The van der Waals surface area contributed by atoms with E-state index in [1.54, 1.807) is 6.07 Å². The van der Waals surface area contributed by atoms with Crippen LogP contribution in [0.15, 0.2) is 14.8 Å². The topological polar surface area (TPSA) is 67.8 Å². The molecule has 1 heterocycles. The molecule has 0 radical (unpaired) electrons. The summed E-state index contributed by atoms with van der Waals surface area (Å²) in [6.45, 7) is 0. The van der Waals surface area contributed by atoms with Gasteiger partial charge in [-0.3, -0.25) is 4.79 Å². The summed E-state index contributed by atoms with van der Waals surface area (Å²) in [5.74, 6) is -0.452. The van der Waals surface area contributed by atoms with E-state index in [-0.39, 0.29) is 0 Å². The van der Waals surface area contributed by atoms with Crippen LogP contribution < -0.4 is 5.73 Å². The number of hydrogen-bond donors (Lipinski definition) is 1. The maximum atomic E-state index is 11.0. The Labute approximate surface area is 119 Å². The van der Waals surface area contributed by atoms with Crippen molar-refractivity contribution in [1.29, 1.82) is 0 Å².